The molecule has 0 aromatic carbocycles. The summed E-state index contributed by atoms with van der Waals surface area (Å²) in [7, 11) is 0. The van der Waals surface area contributed by atoms with E-state index in [1.807, 2.05) is 12.1 Å². The summed E-state index contributed by atoms with van der Waals surface area (Å²) in [5.74, 6) is 1.03. The first-order chi connectivity index (χ1) is 6.56. The van der Waals surface area contributed by atoms with Gasteiger partial charge in [0, 0.05) is 12.8 Å². The van der Waals surface area contributed by atoms with E-state index in [9.17, 15) is 4.79 Å². The fourth-order valence-corrected chi connectivity index (χ4v) is 0.831. The minimum absolute atomic E-state index is 0.222. The van der Waals surface area contributed by atoms with Crippen LogP contribution >= 0.6 is 0 Å². The van der Waals surface area contributed by atoms with E-state index >= 15 is 0 Å². The first kappa shape index (κ1) is 12.8. The second-order valence-electron chi connectivity index (χ2n) is 3.42. The molecule has 0 saturated heterocycles. The van der Waals surface area contributed by atoms with Crippen LogP contribution in [0.3, 0.4) is 0 Å². The van der Waals surface area contributed by atoms with Gasteiger partial charge in [0.05, 0.1) is 6.26 Å². The van der Waals surface area contributed by atoms with E-state index in [-0.39, 0.29) is 6.42 Å². The van der Waals surface area contributed by atoms with Gasteiger partial charge in [-0.25, -0.2) is 0 Å². The molecule has 0 saturated carbocycles. The highest BCUT2D eigenvalue weighted by atomic mass is 16.4. The molecule has 1 aromatic rings. The van der Waals surface area contributed by atoms with Gasteiger partial charge in [0.2, 0.25) is 0 Å². The molecule has 0 fully saturated rings. The Labute approximate surface area is 84.7 Å². The normalized spacial score (nSPS) is 9.43. The summed E-state index contributed by atoms with van der Waals surface area (Å²) in [5.41, 5.74) is 0. The third-order valence-corrected chi connectivity index (χ3v) is 1.49. The topological polar surface area (TPSA) is 50.4 Å². The lowest BCUT2D eigenvalue weighted by Crippen LogP contribution is -1.90. The van der Waals surface area contributed by atoms with Crippen LogP contribution in [0, 0.1) is 5.92 Å². The van der Waals surface area contributed by atoms with E-state index in [4.69, 9.17) is 9.52 Å². The van der Waals surface area contributed by atoms with Crippen molar-refractivity contribution in [1.29, 1.82) is 0 Å². The SMILES string of the molecule is CC(C)Cc1ccco1.CCC(=O)O. The lowest BCUT2D eigenvalue weighted by molar-refractivity contribution is -0.136. The first-order valence-corrected chi connectivity index (χ1v) is 4.80. The zero-order valence-corrected chi connectivity index (χ0v) is 8.99. The average molecular weight is 198 g/mol. The Morgan fingerprint density at radius 1 is 1.57 bits per heavy atom. The van der Waals surface area contributed by atoms with Crippen LogP contribution in [0.5, 0.6) is 0 Å². The van der Waals surface area contributed by atoms with Crippen LogP contribution in [0.4, 0.5) is 0 Å². The summed E-state index contributed by atoms with van der Waals surface area (Å²) in [4.78, 5) is 9.37. The van der Waals surface area contributed by atoms with Gasteiger partial charge in [-0.15, -0.1) is 0 Å². The molecule has 80 valence electrons. The van der Waals surface area contributed by atoms with E-state index in [2.05, 4.69) is 13.8 Å². The zero-order valence-electron chi connectivity index (χ0n) is 8.99. The van der Waals surface area contributed by atoms with Gasteiger partial charge in [-0.2, -0.15) is 0 Å². The van der Waals surface area contributed by atoms with E-state index in [0.29, 0.717) is 5.92 Å². The highest BCUT2D eigenvalue weighted by Crippen LogP contribution is 2.06. The van der Waals surface area contributed by atoms with E-state index in [1.165, 1.54) is 0 Å². The molecule has 0 amide bonds. The second kappa shape index (κ2) is 7.18. The van der Waals surface area contributed by atoms with Crippen molar-refractivity contribution in [3.63, 3.8) is 0 Å². The minimum atomic E-state index is -0.745. The van der Waals surface area contributed by atoms with E-state index in [0.717, 1.165) is 12.2 Å². The van der Waals surface area contributed by atoms with Crippen LogP contribution in [0.1, 0.15) is 33.0 Å². The average Bonchev–Trinajstić information content (AvgIpc) is 2.57. The second-order valence-corrected chi connectivity index (χ2v) is 3.42. The van der Waals surface area contributed by atoms with Crippen molar-refractivity contribution in [1.82, 2.24) is 0 Å². The van der Waals surface area contributed by atoms with Crippen molar-refractivity contribution in [2.75, 3.05) is 0 Å². The van der Waals surface area contributed by atoms with Crippen molar-refractivity contribution in [3.8, 4) is 0 Å². The Kier molecular flexibility index (Phi) is 6.54. The molecule has 1 aromatic heterocycles. The Hall–Kier alpha value is -1.25. The first-order valence-electron chi connectivity index (χ1n) is 4.80. The smallest absolute Gasteiger partial charge is 0.303 e. The maximum Gasteiger partial charge on any atom is 0.303 e. The zero-order chi connectivity index (χ0) is 11.0. The fourth-order valence-electron chi connectivity index (χ4n) is 0.831. The summed E-state index contributed by atoms with van der Waals surface area (Å²) in [6, 6.07) is 3.94. The molecule has 1 rings (SSSR count). The molecule has 0 aliphatic rings. The van der Waals surface area contributed by atoms with Crippen molar-refractivity contribution in [3.05, 3.63) is 24.2 Å². The Morgan fingerprint density at radius 3 is 2.43 bits per heavy atom. The molecule has 0 bridgehead atoms. The minimum Gasteiger partial charge on any atom is -0.481 e. The lowest BCUT2D eigenvalue weighted by atomic mass is 10.1. The van der Waals surface area contributed by atoms with Gasteiger partial charge in [-0.3, -0.25) is 4.79 Å². The van der Waals surface area contributed by atoms with Crippen molar-refractivity contribution in [2.45, 2.75) is 33.6 Å². The highest BCUT2D eigenvalue weighted by molar-refractivity contribution is 5.66. The molecule has 0 atom stereocenters. The quantitative estimate of drug-likeness (QED) is 0.812. The molecule has 0 radical (unpaired) electrons. The number of hydrogen-bond acceptors (Lipinski definition) is 2. The largest absolute Gasteiger partial charge is 0.481 e. The maximum atomic E-state index is 9.37. The highest BCUT2D eigenvalue weighted by Gasteiger charge is 1.97. The molecule has 14 heavy (non-hydrogen) atoms. The predicted molar refractivity (Wildman–Crippen MR) is 55.2 cm³/mol. The molecule has 1 heterocycles. The van der Waals surface area contributed by atoms with Crippen LogP contribution in [0.25, 0.3) is 0 Å². The fraction of sp³-hybridized carbons (Fsp3) is 0.545. The van der Waals surface area contributed by atoms with Crippen LogP contribution in [0.15, 0.2) is 22.8 Å². The molecule has 3 nitrogen and oxygen atoms in total. The van der Waals surface area contributed by atoms with Gasteiger partial charge in [-0.05, 0) is 18.1 Å². The van der Waals surface area contributed by atoms with Crippen LogP contribution in [0.2, 0.25) is 0 Å². The van der Waals surface area contributed by atoms with E-state index in [1.54, 1.807) is 13.2 Å². The summed E-state index contributed by atoms with van der Waals surface area (Å²) in [6.07, 6.45) is 2.99. The number of carboxylic acids is 1. The number of hydrogen-bond donors (Lipinski definition) is 1. The maximum absolute atomic E-state index is 9.37. The molecule has 1 N–H and O–H groups in total. The number of carboxylic acid groups (broad SMARTS) is 1. The molecule has 3 heteroatoms. The van der Waals surface area contributed by atoms with Crippen LogP contribution < -0.4 is 0 Å². The van der Waals surface area contributed by atoms with Crippen molar-refractivity contribution in [2.24, 2.45) is 5.92 Å². The Bertz CT molecular complexity index is 237. The summed E-state index contributed by atoms with van der Waals surface area (Å²) >= 11 is 0. The number of carbonyl (C=O) groups is 1. The third-order valence-electron chi connectivity index (χ3n) is 1.49. The predicted octanol–water partition coefficient (Wildman–Crippen LogP) is 2.96. The third kappa shape index (κ3) is 7.40. The molecular formula is C11H18O3. The van der Waals surface area contributed by atoms with Crippen LogP contribution in [-0.4, -0.2) is 11.1 Å². The molecule has 0 unspecified atom stereocenters. The Balaban J connectivity index is 0.000000292. The van der Waals surface area contributed by atoms with Gasteiger partial charge >= 0.3 is 5.97 Å². The molecule has 0 aliphatic carbocycles. The van der Waals surface area contributed by atoms with Crippen LogP contribution in [-0.2, 0) is 11.2 Å². The van der Waals surface area contributed by atoms with Gasteiger partial charge in [-0.1, -0.05) is 20.8 Å². The number of aliphatic carboxylic acids is 1. The Morgan fingerprint density at radius 2 is 2.14 bits per heavy atom. The number of rotatable bonds is 3. The summed E-state index contributed by atoms with van der Waals surface area (Å²) in [5, 5.41) is 7.72. The van der Waals surface area contributed by atoms with Crippen molar-refractivity contribution < 1.29 is 14.3 Å². The van der Waals surface area contributed by atoms with Gasteiger partial charge in [0.15, 0.2) is 0 Å². The van der Waals surface area contributed by atoms with Gasteiger partial charge < -0.3 is 9.52 Å². The summed E-state index contributed by atoms with van der Waals surface area (Å²) in [6.45, 7) is 5.97. The molecule has 0 aliphatic heterocycles. The standard InChI is InChI=1S/C8H12O.C3H6O2/c1-7(2)6-8-4-3-5-9-8;1-2-3(4)5/h3-5,7H,6H2,1-2H3;2H2,1H3,(H,4,5). The van der Waals surface area contributed by atoms with Crippen molar-refractivity contribution >= 4 is 5.97 Å². The monoisotopic (exact) mass is 198 g/mol. The van der Waals surface area contributed by atoms with Gasteiger partial charge in [0.25, 0.3) is 0 Å². The molecule has 0 spiro atoms. The van der Waals surface area contributed by atoms with Gasteiger partial charge in [0.1, 0.15) is 5.76 Å². The summed E-state index contributed by atoms with van der Waals surface area (Å²) < 4.78 is 5.14. The number of furan rings is 1. The lowest BCUT2D eigenvalue weighted by Gasteiger charge is -1.97. The van der Waals surface area contributed by atoms with E-state index < -0.39 is 5.97 Å². The molecular weight excluding hydrogens is 180 g/mol.